The van der Waals surface area contributed by atoms with E-state index in [0.29, 0.717) is 12.1 Å². The summed E-state index contributed by atoms with van der Waals surface area (Å²) in [6.07, 6.45) is 6.30. The molecule has 0 bridgehead atoms. The zero-order chi connectivity index (χ0) is 12.8. The molecule has 0 amide bonds. The van der Waals surface area contributed by atoms with E-state index < -0.39 is 0 Å². The van der Waals surface area contributed by atoms with Gasteiger partial charge in [-0.05, 0) is 50.3 Å². The van der Waals surface area contributed by atoms with E-state index in [1.807, 2.05) is 19.2 Å². The molecule has 0 heterocycles. The number of aryl methyl sites for hydroxylation is 1. The van der Waals surface area contributed by atoms with Gasteiger partial charge in [0, 0.05) is 18.8 Å². The highest BCUT2D eigenvalue weighted by Crippen LogP contribution is 2.21. The van der Waals surface area contributed by atoms with Gasteiger partial charge in [0.1, 0.15) is 0 Å². The topological polar surface area (TPSA) is 47.3 Å². The summed E-state index contributed by atoms with van der Waals surface area (Å²) in [4.78, 5) is 0. The molecule has 1 fully saturated rings. The van der Waals surface area contributed by atoms with Gasteiger partial charge >= 0.3 is 0 Å². The van der Waals surface area contributed by atoms with Crippen molar-refractivity contribution in [3.05, 3.63) is 29.8 Å². The molecule has 2 unspecified atom stereocenters. The van der Waals surface area contributed by atoms with E-state index in [1.54, 1.807) is 0 Å². The molecule has 0 saturated heterocycles. The first-order valence-electron chi connectivity index (χ1n) is 6.91. The first-order chi connectivity index (χ1) is 8.81. The van der Waals surface area contributed by atoms with Gasteiger partial charge in [-0.25, -0.2) is 0 Å². The number of nitrogens with one attached hydrogen (secondary N) is 1. The number of rotatable bonds is 6. The van der Waals surface area contributed by atoms with Crippen LogP contribution in [0.5, 0.6) is 0 Å². The molecule has 1 aromatic carbocycles. The standard InChI is InChI=1S/C15H24N2O/c1-18-15-10-4-9-14(15)17-11-5-7-12-6-2-3-8-13(12)16/h2-3,6,8,14-15,17H,4-5,7,9-11,16H2,1H3. The van der Waals surface area contributed by atoms with Crippen LogP contribution in [-0.4, -0.2) is 25.8 Å². The summed E-state index contributed by atoms with van der Waals surface area (Å²) in [6, 6.07) is 8.67. The maximum absolute atomic E-state index is 5.93. The molecule has 0 spiro atoms. The van der Waals surface area contributed by atoms with E-state index in [-0.39, 0.29) is 0 Å². The molecule has 0 aromatic heterocycles. The monoisotopic (exact) mass is 248 g/mol. The van der Waals surface area contributed by atoms with Crippen molar-refractivity contribution in [2.45, 2.75) is 44.2 Å². The second-order valence-electron chi connectivity index (χ2n) is 5.07. The Kier molecular flexibility index (Phi) is 5.02. The van der Waals surface area contributed by atoms with Gasteiger partial charge in [-0.1, -0.05) is 18.2 Å². The average Bonchev–Trinajstić information content (AvgIpc) is 2.84. The van der Waals surface area contributed by atoms with Crippen molar-refractivity contribution >= 4 is 5.69 Å². The van der Waals surface area contributed by atoms with E-state index >= 15 is 0 Å². The quantitative estimate of drug-likeness (QED) is 0.600. The van der Waals surface area contributed by atoms with E-state index in [1.165, 1.54) is 24.8 Å². The van der Waals surface area contributed by atoms with Gasteiger partial charge in [0.25, 0.3) is 0 Å². The number of nitrogen functional groups attached to an aromatic ring is 1. The van der Waals surface area contributed by atoms with E-state index in [9.17, 15) is 0 Å². The molecule has 3 N–H and O–H groups in total. The predicted molar refractivity (Wildman–Crippen MR) is 75.6 cm³/mol. The van der Waals surface area contributed by atoms with Crippen LogP contribution in [0.25, 0.3) is 0 Å². The molecule has 3 nitrogen and oxygen atoms in total. The highest BCUT2D eigenvalue weighted by Gasteiger charge is 2.25. The van der Waals surface area contributed by atoms with Gasteiger partial charge in [-0.3, -0.25) is 0 Å². The molecular weight excluding hydrogens is 224 g/mol. The van der Waals surface area contributed by atoms with Crippen molar-refractivity contribution in [2.75, 3.05) is 19.4 Å². The summed E-state index contributed by atoms with van der Waals surface area (Å²) in [5.74, 6) is 0. The van der Waals surface area contributed by atoms with Crippen molar-refractivity contribution in [3.63, 3.8) is 0 Å². The lowest BCUT2D eigenvalue weighted by Crippen LogP contribution is -2.37. The van der Waals surface area contributed by atoms with Gasteiger partial charge in [-0.2, -0.15) is 0 Å². The Morgan fingerprint density at radius 2 is 2.17 bits per heavy atom. The first-order valence-corrected chi connectivity index (χ1v) is 6.91. The van der Waals surface area contributed by atoms with E-state index in [4.69, 9.17) is 10.5 Å². The summed E-state index contributed by atoms with van der Waals surface area (Å²) in [5.41, 5.74) is 8.10. The molecule has 100 valence electrons. The minimum atomic E-state index is 0.409. The molecule has 1 saturated carbocycles. The fraction of sp³-hybridized carbons (Fsp3) is 0.600. The van der Waals surface area contributed by atoms with Gasteiger partial charge < -0.3 is 15.8 Å². The molecule has 18 heavy (non-hydrogen) atoms. The molecule has 1 aliphatic carbocycles. The fourth-order valence-electron chi connectivity index (χ4n) is 2.77. The minimum absolute atomic E-state index is 0.409. The fourth-order valence-corrected chi connectivity index (χ4v) is 2.77. The average molecular weight is 248 g/mol. The van der Waals surface area contributed by atoms with Crippen LogP contribution in [0.2, 0.25) is 0 Å². The van der Waals surface area contributed by atoms with Crippen LogP contribution < -0.4 is 11.1 Å². The van der Waals surface area contributed by atoms with Crippen molar-refractivity contribution in [3.8, 4) is 0 Å². The summed E-state index contributed by atoms with van der Waals surface area (Å²) in [6.45, 7) is 1.04. The van der Waals surface area contributed by atoms with Crippen molar-refractivity contribution in [1.82, 2.24) is 5.32 Å². The third kappa shape index (κ3) is 3.47. The first kappa shape index (κ1) is 13.4. The highest BCUT2D eigenvalue weighted by molar-refractivity contribution is 5.46. The second-order valence-corrected chi connectivity index (χ2v) is 5.07. The molecule has 3 heteroatoms. The van der Waals surface area contributed by atoms with Crippen LogP contribution in [-0.2, 0) is 11.2 Å². The van der Waals surface area contributed by atoms with E-state index in [2.05, 4.69) is 17.4 Å². The number of methoxy groups -OCH3 is 1. The lowest BCUT2D eigenvalue weighted by atomic mass is 10.1. The Balaban J connectivity index is 1.68. The zero-order valence-corrected chi connectivity index (χ0v) is 11.2. The number of hydrogen-bond donors (Lipinski definition) is 2. The van der Waals surface area contributed by atoms with Crippen LogP contribution >= 0.6 is 0 Å². The number of anilines is 1. The largest absolute Gasteiger partial charge is 0.399 e. The number of hydrogen-bond acceptors (Lipinski definition) is 3. The maximum Gasteiger partial charge on any atom is 0.0724 e. The molecule has 0 radical (unpaired) electrons. The van der Waals surface area contributed by atoms with E-state index in [0.717, 1.165) is 25.1 Å². The van der Waals surface area contributed by atoms with Gasteiger partial charge in [0.2, 0.25) is 0 Å². The molecule has 0 aliphatic heterocycles. The van der Waals surface area contributed by atoms with Gasteiger partial charge in [-0.15, -0.1) is 0 Å². The van der Waals surface area contributed by atoms with Crippen LogP contribution in [0.1, 0.15) is 31.2 Å². The van der Waals surface area contributed by atoms with Crippen LogP contribution in [0.3, 0.4) is 0 Å². The summed E-state index contributed by atoms with van der Waals surface area (Å²) in [5, 5.41) is 3.61. The molecule has 2 atom stereocenters. The van der Waals surface area contributed by atoms with Crippen molar-refractivity contribution in [2.24, 2.45) is 0 Å². The molecule has 1 aliphatic rings. The Labute approximate surface area is 110 Å². The summed E-state index contributed by atoms with van der Waals surface area (Å²) in [7, 11) is 1.81. The number of nitrogens with two attached hydrogens (primary N) is 1. The number of benzene rings is 1. The SMILES string of the molecule is COC1CCCC1NCCCc1ccccc1N. The molecular formula is C15H24N2O. The second kappa shape index (κ2) is 6.76. The Morgan fingerprint density at radius 3 is 2.94 bits per heavy atom. The Hall–Kier alpha value is -1.06. The number of ether oxygens (including phenoxy) is 1. The third-order valence-electron chi connectivity index (χ3n) is 3.84. The maximum atomic E-state index is 5.93. The number of para-hydroxylation sites is 1. The third-order valence-corrected chi connectivity index (χ3v) is 3.84. The Bertz CT molecular complexity index is 367. The lowest BCUT2D eigenvalue weighted by Gasteiger charge is -2.19. The summed E-state index contributed by atoms with van der Waals surface area (Å²) >= 11 is 0. The van der Waals surface area contributed by atoms with Crippen molar-refractivity contribution < 1.29 is 4.74 Å². The Morgan fingerprint density at radius 1 is 1.33 bits per heavy atom. The highest BCUT2D eigenvalue weighted by atomic mass is 16.5. The van der Waals surface area contributed by atoms with Gasteiger partial charge in [0.05, 0.1) is 6.10 Å². The van der Waals surface area contributed by atoms with Crippen LogP contribution in [0.15, 0.2) is 24.3 Å². The molecule has 2 rings (SSSR count). The molecule has 1 aromatic rings. The van der Waals surface area contributed by atoms with Crippen LogP contribution in [0.4, 0.5) is 5.69 Å². The smallest absolute Gasteiger partial charge is 0.0724 e. The zero-order valence-electron chi connectivity index (χ0n) is 11.2. The minimum Gasteiger partial charge on any atom is -0.399 e. The van der Waals surface area contributed by atoms with Gasteiger partial charge in [0.15, 0.2) is 0 Å². The lowest BCUT2D eigenvalue weighted by molar-refractivity contribution is 0.0852. The van der Waals surface area contributed by atoms with Crippen molar-refractivity contribution in [1.29, 1.82) is 0 Å². The van der Waals surface area contributed by atoms with Crippen LogP contribution in [0, 0.1) is 0 Å². The normalized spacial score (nSPS) is 23.4. The predicted octanol–water partition coefficient (Wildman–Crippen LogP) is 2.36. The summed E-state index contributed by atoms with van der Waals surface area (Å²) < 4.78 is 5.48.